The molecule has 0 aliphatic rings. The molecule has 0 aromatic rings. The molecule has 0 heterocycles. The highest BCUT2D eigenvalue weighted by Gasteiger charge is 1.87. The molecular formula is C5H13NOS. The summed E-state index contributed by atoms with van der Waals surface area (Å²) < 4.78 is 13.5. The summed E-state index contributed by atoms with van der Waals surface area (Å²) in [7, 11) is -1.94. The Morgan fingerprint density at radius 1 is 1.75 bits per heavy atom. The van der Waals surface area contributed by atoms with Crippen molar-refractivity contribution in [2.45, 2.75) is 13.3 Å². The van der Waals surface area contributed by atoms with Gasteiger partial charge >= 0.3 is 0 Å². The highest BCUT2D eigenvalue weighted by molar-refractivity contribution is 7.97. The molecule has 0 fully saturated rings. The largest absolute Gasteiger partial charge is 0.253 e. The van der Waals surface area contributed by atoms with Gasteiger partial charge in [0.05, 0.1) is 0 Å². The standard InChI is InChI=1S/C5H13NOS/c1-4-5-6-8(2,3)7/h2,4-5H2,1,3H3,(H,6,7). The van der Waals surface area contributed by atoms with Crippen LogP contribution in [0.4, 0.5) is 0 Å². The normalized spacial score (nSPS) is 17.8. The lowest BCUT2D eigenvalue weighted by Gasteiger charge is -2.01. The van der Waals surface area contributed by atoms with Crippen molar-refractivity contribution in [2.24, 2.45) is 0 Å². The van der Waals surface area contributed by atoms with Crippen LogP contribution < -0.4 is 4.72 Å². The van der Waals surface area contributed by atoms with Crippen molar-refractivity contribution in [1.82, 2.24) is 4.72 Å². The zero-order valence-electron chi connectivity index (χ0n) is 5.44. The van der Waals surface area contributed by atoms with Crippen molar-refractivity contribution in [3.05, 3.63) is 0 Å². The summed E-state index contributed by atoms with van der Waals surface area (Å²) in [5.41, 5.74) is 0. The molecule has 0 spiro atoms. The predicted molar refractivity (Wildman–Crippen MR) is 39.5 cm³/mol. The summed E-state index contributed by atoms with van der Waals surface area (Å²) >= 11 is 0. The van der Waals surface area contributed by atoms with Crippen LogP contribution in [0.2, 0.25) is 0 Å². The molecular weight excluding hydrogens is 122 g/mol. The first kappa shape index (κ1) is 7.98. The van der Waals surface area contributed by atoms with Gasteiger partial charge in [0.1, 0.15) is 0 Å². The second kappa shape index (κ2) is 3.10. The molecule has 0 amide bonds. The summed E-state index contributed by atoms with van der Waals surface area (Å²) in [5, 5.41) is 0. The number of hydrogen-bond acceptors (Lipinski definition) is 1. The molecule has 0 aromatic carbocycles. The minimum absolute atomic E-state index is 0.791. The molecule has 0 aromatic heterocycles. The van der Waals surface area contributed by atoms with Gasteiger partial charge in [-0.15, -0.1) is 0 Å². The fraction of sp³-hybridized carbons (Fsp3) is 0.800. The first-order chi connectivity index (χ1) is 3.56. The van der Waals surface area contributed by atoms with Gasteiger partial charge in [0.2, 0.25) is 0 Å². The molecule has 2 nitrogen and oxygen atoms in total. The minimum atomic E-state index is -1.94. The van der Waals surface area contributed by atoms with Gasteiger partial charge < -0.3 is 0 Å². The van der Waals surface area contributed by atoms with Crippen LogP contribution in [0.25, 0.3) is 0 Å². The molecule has 1 unspecified atom stereocenters. The maximum Gasteiger partial charge on any atom is 0.0219 e. The zero-order valence-corrected chi connectivity index (χ0v) is 6.25. The Hall–Kier alpha value is -0.0200. The van der Waals surface area contributed by atoms with E-state index in [0.717, 1.165) is 13.0 Å². The van der Waals surface area contributed by atoms with Crippen LogP contribution in [0.1, 0.15) is 13.3 Å². The van der Waals surface area contributed by atoms with E-state index in [4.69, 9.17) is 0 Å². The van der Waals surface area contributed by atoms with Crippen LogP contribution in [-0.2, 0) is 9.71 Å². The summed E-state index contributed by atoms with van der Waals surface area (Å²) in [6, 6.07) is 0. The topological polar surface area (TPSA) is 29.1 Å². The molecule has 3 heteroatoms. The lowest BCUT2D eigenvalue weighted by molar-refractivity contribution is 0.672. The van der Waals surface area contributed by atoms with E-state index in [1.807, 2.05) is 6.92 Å². The van der Waals surface area contributed by atoms with E-state index in [9.17, 15) is 4.21 Å². The third-order valence-corrected chi connectivity index (χ3v) is 1.47. The van der Waals surface area contributed by atoms with Gasteiger partial charge in [0.25, 0.3) is 0 Å². The van der Waals surface area contributed by atoms with Crippen molar-refractivity contribution in [1.29, 1.82) is 0 Å². The van der Waals surface area contributed by atoms with Gasteiger partial charge in [-0.25, -0.2) is 4.72 Å². The van der Waals surface area contributed by atoms with E-state index in [1.165, 1.54) is 0 Å². The maximum absolute atomic E-state index is 10.7. The number of rotatable bonds is 3. The van der Waals surface area contributed by atoms with Gasteiger partial charge in [-0.05, 0) is 12.3 Å². The SMILES string of the molecule is C=S(C)(=O)NCCC. The third-order valence-electron chi connectivity index (χ3n) is 0.657. The van der Waals surface area contributed by atoms with Crippen molar-refractivity contribution in [2.75, 3.05) is 12.8 Å². The lowest BCUT2D eigenvalue weighted by Crippen LogP contribution is -2.21. The van der Waals surface area contributed by atoms with E-state index in [2.05, 4.69) is 10.6 Å². The Balaban J connectivity index is 3.42. The average Bonchev–Trinajstić information content (AvgIpc) is 1.59. The fourth-order valence-electron chi connectivity index (χ4n) is 0.318. The van der Waals surface area contributed by atoms with Crippen LogP contribution in [-0.4, -0.2) is 22.9 Å². The van der Waals surface area contributed by atoms with Crippen LogP contribution in [0.5, 0.6) is 0 Å². The van der Waals surface area contributed by atoms with Gasteiger partial charge in [0.15, 0.2) is 0 Å². The minimum Gasteiger partial charge on any atom is -0.253 e. The molecule has 0 saturated carbocycles. The van der Waals surface area contributed by atoms with Crippen LogP contribution >= 0.6 is 0 Å². The molecule has 1 atom stereocenters. The molecule has 0 aliphatic heterocycles. The Morgan fingerprint density at radius 2 is 2.25 bits per heavy atom. The van der Waals surface area contributed by atoms with E-state index < -0.39 is 9.71 Å². The second-order valence-electron chi connectivity index (χ2n) is 1.90. The highest BCUT2D eigenvalue weighted by atomic mass is 32.2. The lowest BCUT2D eigenvalue weighted by atomic mass is 10.5. The zero-order chi connectivity index (χ0) is 6.62. The smallest absolute Gasteiger partial charge is 0.0219 e. The Bertz CT molecular complexity index is 137. The second-order valence-corrected chi connectivity index (χ2v) is 4.20. The summed E-state index contributed by atoms with van der Waals surface area (Å²) in [6.45, 7) is 2.82. The Kier molecular flexibility index (Phi) is 3.09. The number of hydrogen-bond donors (Lipinski definition) is 1. The third kappa shape index (κ3) is 5.98. The number of nitrogens with one attached hydrogen (secondary N) is 1. The van der Waals surface area contributed by atoms with Gasteiger partial charge in [-0.2, -0.15) is 0 Å². The molecule has 0 saturated heterocycles. The van der Waals surface area contributed by atoms with Crippen molar-refractivity contribution < 1.29 is 4.21 Å². The molecule has 8 heavy (non-hydrogen) atoms. The van der Waals surface area contributed by atoms with Crippen molar-refractivity contribution in [3.63, 3.8) is 0 Å². The summed E-state index contributed by atoms with van der Waals surface area (Å²) in [5.74, 6) is 3.42. The Labute approximate surface area is 51.4 Å². The monoisotopic (exact) mass is 135 g/mol. The van der Waals surface area contributed by atoms with Crippen LogP contribution in [0.3, 0.4) is 0 Å². The quantitative estimate of drug-likeness (QED) is 0.552. The Morgan fingerprint density at radius 3 is 2.38 bits per heavy atom. The van der Waals surface area contributed by atoms with E-state index in [-0.39, 0.29) is 0 Å². The van der Waals surface area contributed by atoms with Crippen LogP contribution in [0.15, 0.2) is 0 Å². The van der Waals surface area contributed by atoms with Gasteiger partial charge in [0, 0.05) is 22.5 Å². The highest BCUT2D eigenvalue weighted by Crippen LogP contribution is 1.74. The molecule has 0 rings (SSSR count). The summed E-state index contributed by atoms with van der Waals surface area (Å²) in [6.07, 6.45) is 2.60. The molecule has 50 valence electrons. The van der Waals surface area contributed by atoms with E-state index in [0.29, 0.717) is 0 Å². The summed E-state index contributed by atoms with van der Waals surface area (Å²) in [4.78, 5) is 0. The first-order valence-corrected chi connectivity index (χ1v) is 4.76. The van der Waals surface area contributed by atoms with Gasteiger partial charge in [-0.1, -0.05) is 6.92 Å². The molecule has 0 radical (unpaired) electrons. The average molecular weight is 135 g/mol. The molecule has 1 N–H and O–H groups in total. The van der Waals surface area contributed by atoms with E-state index in [1.54, 1.807) is 6.26 Å². The predicted octanol–water partition coefficient (Wildman–Crippen LogP) is 0.247. The van der Waals surface area contributed by atoms with Crippen LogP contribution in [0, 0.1) is 0 Å². The molecule has 0 bridgehead atoms. The van der Waals surface area contributed by atoms with Crippen molar-refractivity contribution >= 4 is 15.6 Å². The molecule has 0 aliphatic carbocycles. The van der Waals surface area contributed by atoms with E-state index >= 15 is 0 Å². The van der Waals surface area contributed by atoms with Gasteiger partial charge in [-0.3, -0.25) is 4.21 Å². The van der Waals surface area contributed by atoms with Crippen molar-refractivity contribution in [3.8, 4) is 0 Å². The first-order valence-electron chi connectivity index (χ1n) is 2.63. The maximum atomic E-state index is 10.7. The fourth-order valence-corrected chi connectivity index (χ4v) is 0.954.